The van der Waals surface area contributed by atoms with Gasteiger partial charge in [-0.3, -0.25) is 15.8 Å². The summed E-state index contributed by atoms with van der Waals surface area (Å²) in [6.45, 7) is 3.72. The van der Waals surface area contributed by atoms with E-state index in [1.807, 2.05) is 6.92 Å². The Hall–Kier alpha value is -2.41. The Morgan fingerprint density at radius 1 is 1.48 bits per heavy atom. The van der Waals surface area contributed by atoms with Crippen LogP contribution >= 0.6 is 0 Å². The van der Waals surface area contributed by atoms with Gasteiger partial charge in [0.25, 0.3) is 5.69 Å². The molecule has 1 aliphatic heterocycles. The van der Waals surface area contributed by atoms with Crippen molar-refractivity contribution in [2.75, 3.05) is 0 Å². The van der Waals surface area contributed by atoms with E-state index in [2.05, 4.69) is 10.3 Å². The molecule has 2 rings (SSSR count). The van der Waals surface area contributed by atoms with Crippen LogP contribution in [0.2, 0.25) is 0 Å². The molecule has 7 nitrogen and oxygen atoms in total. The molecular formula is C14H19N5O2. The zero-order chi connectivity index (χ0) is 15.6. The first-order valence-electron chi connectivity index (χ1n) is 6.74. The quantitative estimate of drug-likeness (QED) is 0.574. The molecule has 1 atom stereocenters. The number of allylic oxidation sites excluding steroid dienone is 1. The zero-order valence-electron chi connectivity index (χ0n) is 12.1. The summed E-state index contributed by atoms with van der Waals surface area (Å²) in [5.41, 5.74) is 14.0. The third-order valence-corrected chi connectivity index (χ3v) is 3.34. The molecule has 0 saturated carbocycles. The maximum atomic E-state index is 11.1. The van der Waals surface area contributed by atoms with Gasteiger partial charge >= 0.3 is 0 Å². The molecule has 0 amide bonds. The fourth-order valence-corrected chi connectivity index (χ4v) is 2.31. The Morgan fingerprint density at radius 3 is 2.81 bits per heavy atom. The van der Waals surface area contributed by atoms with Crippen LogP contribution in [0, 0.1) is 17.0 Å². The predicted octanol–water partition coefficient (Wildman–Crippen LogP) is 1.62. The number of amidine groups is 1. The topological polar surface area (TPSA) is 120 Å². The van der Waals surface area contributed by atoms with Gasteiger partial charge in [0.15, 0.2) is 0 Å². The van der Waals surface area contributed by atoms with Gasteiger partial charge in [-0.05, 0) is 19.4 Å². The van der Waals surface area contributed by atoms with Crippen molar-refractivity contribution in [2.24, 2.45) is 16.5 Å². The molecule has 1 heterocycles. The van der Waals surface area contributed by atoms with Crippen molar-refractivity contribution in [3.63, 3.8) is 0 Å². The maximum absolute atomic E-state index is 11.1. The molecule has 1 aromatic carbocycles. The van der Waals surface area contributed by atoms with Gasteiger partial charge in [0.2, 0.25) is 5.79 Å². The molecule has 21 heavy (non-hydrogen) atoms. The number of nitro groups is 1. The van der Waals surface area contributed by atoms with E-state index >= 15 is 0 Å². The summed E-state index contributed by atoms with van der Waals surface area (Å²) in [5, 5.41) is 14.2. The number of nitro benzene ring substituents is 1. The molecule has 7 heteroatoms. The third kappa shape index (κ3) is 3.03. The molecule has 1 aromatic rings. The van der Waals surface area contributed by atoms with Crippen LogP contribution in [-0.4, -0.2) is 10.8 Å². The highest BCUT2D eigenvalue weighted by atomic mass is 16.6. The van der Waals surface area contributed by atoms with Crippen LogP contribution in [0.3, 0.4) is 0 Å². The van der Waals surface area contributed by atoms with Gasteiger partial charge in [-0.15, -0.1) is 0 Å². The minimum Gasteiger partial charge on any atom is -0.384 e. The number of aliphatic imine (C=N–C) groups is 1. The number of rotatable bonds is 4. The fraction of sp³-hybridized carbons (Fsp3) is 0.357. The van der Waals surface area contributed by atoms with Gasteiger partial charge in [-0.25, -0.2) is 4.99 Å². The molecule has 0 aliphatic carbocycles. The van der Waals surface area contributed by atoms with Crippen molar-refractivity contribution in [1.29, 1.82) is 0 Å². The number of benzene rings is 1. The van der Waals surface area contributed by atoms with Crippen molar-refractivity contribution < 1.29 is 4.92 Å². The highest BCUT2D eigenvalue weighted by Crippen LogP contribution is 2.28. The summed E-state index contributed by atoms with van der Waals surface area (Å²) in [7, 11) is 0. The van der Waals surface area contributed by atoms with Gasteiger partial charge in [0.1, 0.15) is 5.84 Å². The van der Waals surface area contributed by atoms with E-state index in [-0.39, 0.29) is 5.69 Å². The van der Waals surface area contributed by atoms with Crippen molar-refractivity contribution in [2.45, 2.75) is 32.5 Å². The first kappa shape index (κ1) is 15.0. The van der Waals surface area contributed by atoms with Crippen LogP contribution in [-0.2, 0) is 5.79 Å². The summed E-state index contributed by atoms with van der Waals surface area (Å²) in [6.07, 6.45) is 3.44. The SMILES string of the molecule is CCCC1=CC(N)=NC(N)(c2ccc(C)c([N+](=O)[O-])c2)N1. The Kier molecular flexibility index (Phi) is 3.95. The molecule has 1 aliphatic rings. The lowest BCUT2D eigenvalue weighted by Gasteiger charge is -2.32. The molecule has 112 valence electrons. The molecular weight excluding hydrogens is 270 g/mol. The lowest BCUT2D eigenvalue weighted by molar-refractivity contribution is -0.385. The minimum absolute atomic E-state index is 0.0134. The highest BCUT2D eigenvalue weighted by molar-refractivity contribution is 5.93. The third-order valence-electron chi connectivity index (χ3n) is 3.34. The van der Waals surface area contributed by atoms with Crippen molar-refractivity contribution in [1.82, 2.24) is 5.32 Å². The van der Waals surface area contributed by atoms with E-state index in [0.717, 1.165) is 18.5 Å². The first-order chi connectivity index (χ1) is 9.85. The van der Waals surface area contributed by atoms with Crippen LogP contribution < -0.4 is 16.8 Å². The highest BCUT2D eigenvalue weighted by Gasteiger charge is 2.31. The number of hydrogen-bond acceptors (Lipinski definition) is 6. The molecule has 1 unspecified atom stereocenters. The lowest BCUT2D eigenvalue weighted by atomic mass is 10.0. The normalized spacial score (nSPS) is 21.3. The summed E-state index contributed by atoms with van der Waals surface area (Å²) in [5.74, 6) is -0.968. The van der Waals surface area contributed by atoms with Crippen molar-refractivity contribution in [3.8, 4) is 0 Å². The van der Waals surface area contributed by atoms with E-state index < -0.39 is 10.7 Å². The molecule has 5 N–H and O–H groups in total. The summed E-state index contributed by atoms with van der Waals surface area (Å²) < 4.78 is 0. The Balaban J connectivity index is 2.44. The van der Waals surface area contributed by atoms with Crippen molar-refractivity contribution >= 4 is 11.5 Å². The maximum Gasteiger partial charge on any atom is 0.272 e. The van der Waals surface area contributed by atoms with E-state index in [1.54, 1.807) is 25.1 Å². The number of nitrogens with one attached hydrogen (secondary N) is 1. The Labute approximate surface area is 122 Å². The number of hydrogen-bond donors (Lipinski definition) is 3. The zero-order valence-corrected chi connectivity index (χ0v) is 12.1. The summed E-state index contributed by atoms with van der Waals surface area (Å²) in [4.78, 5) is 14.8. The van der Waals surface area contributed by atoms with Crippen LogP contribution in [0.4, 0.5) is 5.69 Å². The molecule has 0 bridgehead atoms. The smallest absolute Gasteiger partial charge is 0.272 e. The van der Waals surface area contributed by atoms with Gasteiger partial charge < -0.3 is 11.1 Å². The monoisotopic (exact) mass is 289 g/mol. The summed E-state index contributed by atoms with van der Waals surface area (Å²) >= 11 is 0. The largest absolute Gasteiger partial charge is 0.384 e. The molecule has 0 fully saturated rings. The van der Waals surface area contributed by atoms with Gasteiger partial charge in [-0.1, -0.05) is 25.5 Å². The average Bonchev–Trinajstić information content (AvgIpc) is 2.37. The van der Waals surface area contributed by atoms with Crippen LogP contribution in [0.5, 0.6) is 0 Å². The van der Waals surface area contributed by atoms with Crippen LogP contribution in [0.1, 0.15) is 30.9 Å². The molecule has 0 radical (unpaired) electrons. The number of aryl methyl sites for hydroxylation is 1. The predicted molar refractivity (Wildman–Crippen MR) is 81.4 cm³/mol. The van der Waals surface area contributed by atoms with E-state index in [1.165, 1.54) is 6.07 Å². The van der Waals surface area contributed by atoms with Gasteiger partial charge in [0.05, 0.1) is 4.92 Å². The second kappa shape index (κ2) is 5.53. The molecule has 0 saturated heterocycles. The average molecular weight is 289 g/mol. The van der Waals surface area contributed by atoms with Crippen molar-refractivity contribution in [3.05, 3.63) is 51.2 Å². The van der Waals surface area contributed by atoms with Gasteiger partial charge in [-0.2, -0.15) is 0 Å². The van der Waals surface area contributed by atoms with E-state index in [9.17, 15) is 10.1 Å². The Bertz CT molecular complexity index is 638. The number of nitrogens with zero attached hydrogens (tertiary/aromatic N) is 2. The standard InChI is InChI=1S/C14H19N5O2/c1-3-4-11-8-13(15)18-14(16,17-11)10-6-5-9(2)12(7-10)19(20)21/h5-8,17H,3-4,16H2,1-2H3,(H2,15,18). The fourth-order valence-electron chi connectivity index (χ4n) is 2.31. The van der Waals surface area contributed by atoms with Crippen LogP contribution in [0.25, 0.3) is 0 Å². The second-order valence-electron chi connectivity index (χ2n) is 5.11. The molecule has 0 spiro atoms. The lowest BCUT2D eigenvalue weighted by Crippen LogP contribution is -2.51. The van der Waals surface area contributed by atoms with E-state index in [0.29, 0.717) is 17.0 Å². The molecule has 0 aromatic heterocycles. The van der Waals surface area contributed by atoms with Crippen LogP contribution in [0.15, 0.2) is 35.0 Å². The summed E-state index contributed by atoms with van der Waals surface area (Å²) in [6, 6.07) is 4.82. The first-order valence-corrected chi connectivity index (χ1v) is 6.74. The second-order valence-corrected chi connectivity index (χ2v) is 5.11. The number of nitrogens with two attached hydrogens (primary N) is 2. The van der Waals surface area contributed by atoms with E-state index in [4.69, 9.17) is 11.5 Å². The Morgan fingerprint density at radius 2 is 2.19 bits per heavy atom. The minimum atomic E-state index is -1.28. The van der Waals surface area contributed by atoms with Gasteiger partial charge in [0, 0.05) is 22.9 Å².